The predicted molar refractivity (Wildman–Crippen MR) is 42.6 cm³/mol. The zero-order valence-electron chi connectivity index (χ0n) is 7.32. The molecule has 0 radical (unpaired) electrons. The number of rotatable bonds is 4. The fraction of sp³-hybridized carbons (Fsp3) is 1.00. The average molecular weight is 176 g/mol. The number of hydrogen-bond acceptors (Lipinski definition) is 4. The lowest BCUT2D eigenvalue weighted by Gasteiger charge is -2.21. The highest BCUT2D eigenvalue weighted by molar-refractivity contribution is 4.74. The SMILES string of the molecule is CC1(CCO)OCC(CCO)O1. The van der Waals surface area contributed by atoms with E-state index in [0.717, 1.165) is 0 Å². The molecule has 0 spiro atoms. The molecular formula is C8H16O4. The van der Waals surface area contributed by atoms with Crippen LogP contribution in [0.2, 0.25) is 0 Å². The second kappa shape index (κ2) is 4.18. The summed E-state index contributed by atoms with van der Waals surface area (Å²) in [5.74, 6) is -0.644. The second-order valence-electron chi connectivity index (χ2n) is 3.17. The lowest BCUT2D eigenvalue weighted by molar-refractivity contribution is -0.164. The standard InChI is InChI=1S/C8H16O4/c1-8(3-5-10)11-6-7(12-8)2-4-9/h7,9-10H,2-6H2,1H3. The van der Waals surface area contributed by atoms with Crippen LogP contribution >= 0.6 is 0 Å². The van der Waals surface area contributed by atoms with Crippen LogP contribution in [0.5, 0.6) is 0 Å². The Labute approximate surface area is 72.1 Å². The van der Waals surface area contributed by atoms with Gasteiger partial charge >= 0.3 is 0 Å². The zero-order valence-corrected chi connectivity index (χ0v) is 7.32. The molecule has 0 amide bonds. The van der Waals surface area contributed by atoms with Crippen molar-refractivity contribution in [3.63, 3.8) is 0 Å². The maximum absolute atomic E-state index is 8.70. The molecule has 1 heterocycles. The topological polar surface area (TPSA) is 58.9 Å². The maximum Gasteiger partial charge on any atom is 0.168 e. The summed E-state index contributed by atoms with van der Waals surface area (Å²) in [5, 5.41) is 17.3. The Morgan fingerprint density at radius 3 is 2.75 bits per heavy atom. The summed E-state index contributed by atoms with van der Waals surface area (Å²) in [6.45, 7) is 2.49. The van der Waals surface area contributed by atoms with Crippen molar-refractivity contribution >= 4 is 0 Å². The van der Waals surface area contributed by atoms with Gasteiger partial charge in [-0.15, -0.1) is 0 Å². The van der Waals surface area contributed by atoms with Crippen molar-refractivity contribution in [3.8, 4) is 0 Å². The summed E-state index contributed by atoms with van der Waals surface area (Å²) in [6.07, 6.45) is 1.06. The lowest BCUT2D eigenvalue weighted by Crippen LogP contribution is -2.28. The Hall–Kier alpha value is -0.160. The van der Waals surface area contributed by atoms with E-state index in [0.29, 0.717) is 19.4 Å². The van der Waals surface area contributed by atoms with E-state index in [1.807, 2.05) is 0 Å². The highest BCUT2D eigenvalue weighted by Crippen LogP contribution is 2.27. The summed E-state index contributed by atoms with van der Waals surface area (Å²) >= 11 is 0. The lowest BCUT2D eigenvalue weighted by atomic mass is 10.2. The molecule has 0 bridgehead atoms. The van der Waals surface area contributed by atoms with E-state index in [4.69, 9.17) is 19.7 Å². The van der Waals surface area contributed by atoms with Crippen LogP contribution in [0.15, 0.2) is 0 Å². The van der Waals surface area contributed by atoms with Crippen molar-refractivity contribution in [1.82, 2.24) is 0 Å². The molecule has 0 aromatic carbocycles. The van der Waals surface area contributed by atoms with Gasteiger partial charge in [-0.05, 0) is 13.3 Å². The summed E-state index contributed by atoms with van der Waals surface area (Å²) in [7, 11) is 0. The fourth-order valence-corrected chi connectivity index (χ4v) is 1.31. The van der Waals surface area contributed by atoms with Gasteiger partial charge in [-0.2, -0.15) is 0 Å². The van der Waals surface area contributed by atoms with Gasteiger partial charge in [0, 0.05) is 19.6 Å². The Kier molecular flexibility index (Phi) is 3.46. The quantitative estimate of drug-likeness (QED) is 0.627. The molecule has 12 heavy (non-hydrogen) atoms. The zero-order chi connectivity index (χ0) is 9.03. The summed E-state index contributed by atoms with van der Waals surface area (Å²) in [6, 6.07) is 0. The van der Waals surface area contributed by atoms with Crippen molar-refractivity contribution in [2.75, 3.05) is 19.8 Å². The third-order valence-electron chi connectivity index (χ3n) is 2.01. The van der Waals surface area contributed by atoms with Crippen molar-refractivity contribution < 1.29 is 19.7 Å². The van der Waals surface area contributed by atoms with Crippen LogP contribution in [0, 0.1) is 0 Å². The van der Waals surface area contributed by atoms with Crippen LogP contribution in [0.4, 0.5) is 0 Å². The number of aliphatic hydroxyl groups is 2. The highest BCUT2D eigenvalue weighted by Gasteiger charge is 2.36. The van der Waals surface area contributed by atoms with E-state index in [1.54, 1.807) is 6.92 Å². The van der Waals surface area contributed by atoms with E-state index in [9.17, 15) is 0 Å². The molecule has 4 nitrogen and oxygen atoms in total. The van der Waals surface area contributed by atoms with Crippen molar-refractivity contribution in [2.45, 2.75) is 31.7 Å². The largest absolute Gasteiger partial charge is 0.396 e. The van der Waals surface area contributed by atoms with Gasteiger partial charge in [-0.1, -0.05) is 0 Å². The Morgan fingerprint density at radius 2 is 2.17 bits per heavy atom. The third-order valence-corrected chi connectivity index (χ3v) is 2.01. The van der Waals surface area contributed by atoms with E-state index >= 15 is 0 Å². The van der Waals surface area contributed by atoms with Gasteiger partial charge < -0.3 is 19.7 Å². The van der Waals surface area contributed by atoms with E-state index in [1.165, 1.54) is 0 Å². The average Bonchev–Trinajstić information content (AvgIpc) is 2.34. The Balaban J connectivity index is 2.32. The minimum Gasteiger partial charge on any atom is -0.396 e. The van der Waals surface area contributed by atoms with Gasteiger partial charge in [0.15, 0.2) is 5.79 Å². The monoisotopic (exact) mass is 176 g/mol. The van der Waals surface area contributed by atoms with Crippen LogP contribution in [0.3, 0.4) is 0 Å². The highest BCUT2D eigenvalue weighted by atomic mass is 16.7. The molecule has 2 atom stereocenters. The van der Waals surface area contributed by atoms with Gasteiger partial charge in [0.05, 0.1) is 12.7 Å². The van der Waals surface area contributed by atoms with Crippen LogP contribution < -0.4 is 0 Å². The molecule has 1 fully saturated rings. The molecule has 1 aliphatic heterocycles. The van der Waals surface area contributed by atoms with Gasteiger partial charge in [-0.25, -0.2) is 0 Å². The molecule has 1 aliphatic rings. The molecule has 1 saturated heterocycles. The van der Waals surface area contributed by atoms with Gasteiger partial charge in [0.2, 0.25) is 0 Å². The van der Waals surface area contributed by atoms with Gasteiger partial charge in [-0.3, -0.25) is 0 Å². The molecule has 2 N–H and O–H groups in total. The van der Waals surface area contributed by atoms with Crippen LogP contribution in [0.1, 0.15) is 19.8 Å². The smallest absolute Gasteiger partial charge is 0.168 e. The summed E-state index contributed by atoms with van der Waals surface area (Å²) in [4.78, 5) is 0. The molecule has 1 rings (SSSR count). The summed E-state index contributed by atoms with van der Waals surface area (Å²) < 4.78 is 10.8. The third kappa shape index (κ3) is 2.42. The molecule has 0 aromatic rings. The van der Waals surface area contributed by atoms with Gasteiger partial charge in [0.25, 0.3) is 0 Å². The molecule has 0 aliphatic carbocycles. The minimum atomic E-state index is -0.644. The first-order chi connectivity index (χ1) is 5.70. The first kappa shape index (κ1) is 9.92. The second-order valence-corrected chi connectivity index (χ2v) is 3.17. The minimum absolute atomic E-state index is 0.0217. The fourth-order valence-electron chi connectivity index (χ4n) is 1.31. The normalized spacial score (nSPS) is 35.8. The maximum atomic E-state index is 8.70. The molecule has 72 valence electrons. The number of hydrogen-bond donors (Lipinski definition) is 2. The van der Waals surface area contributed by atoms with Gasteiger partial charge in [0.1, 0.15) is 0 Å². The number of ether oxygens (including phenoxy) is 2. The first-order valence-electron chi connectivity index (χ1n) is 4.24. The van der Waals surface area contributed by atoms with Crippen LogP contribution in [0.25, 0.3) is 0 Å². The first-order valence-corrected chi connectivity index (χ1v) is 4.24. The van der Waals surface area contributed by atoms with E-state index in [-0.39, 0.29) is 19.3 Å². The molecule has 0 aromatic heterocycles. The molecule has 2 unspecified atom stereocenters. The Bertz CT molecular complexity index is 139. The summed E-state index contributed by atoms with van der Waals surface area (Å²) in [5.41, 5.74) is 0. The van der Waals surface area contributed by atoms with Crippen molar-refractivity contribution in [2.24, 2.45) is 0 Å². The van der Waals surface area contributed by atoms with Crippen LogP contribution in [-0.4, -0.2) is 41.9 Å². The van der Waals surface area contributed by atoms with Crippen molar-refractivity contribution in [3.05, 3.63) is 0 Å². The van der Waals surface area contributed by atoms with E-state index in [2.05, 4.69) is 0 Å². The van der Waals surface area contributed by atoms with Crippen LogP contribution in [-0.2, 0) is 9.47 Å². The van der Waals surface area contributed by atoms with Crippen molar-refractivity contribution in [1.29, 1.82) is 0 Å². The number of aliphatic hydroxyl groups excluding tert-OH is 2. The molecule has 4 heteroatoms. The predicted octanol–water partition coefficient (Wildman–Crippen LogP) is -0.117. The van der Waals surface area contributed by atoms with E-state index < -0.39 is 5.79 Å². The molecular weight excluding hydrogens is 160 g/mol. The Morgan fingerprint density at radius 1 is 1.42 bits per heavy atom. The molecule has 0 saturated carbocycles.